The van der Waals surface area contributed by atoms with E-state index < -0.39 is 27.4 Å². The molecule has 2 aromatic carbocycles. The smallest absolute Gasteiger partial charge is 0.248 e. The second kappa shape index (κ2) is 11.6. The number of unbranched alkanes of at least 4 members (excludes halogenated alkanes) is 2. The van der Waals surface area contributed by atoms with Crippen LogP contribution in [0.25, 0.3) is 0 Å². The molecular weight excluding hydrogens is 550 g/mol. The fourth-order valence-corrected chi connectivity index (χ4v) is 9.26. The van der Waals surface area contributed by atoms with Gasteiger partial charge in [0.2, 0.25) is 17.7 Å². The first-order valence-electron chi connectivity index (χ1n) is 13.9. The number of benzene rings is 2. The molecule has 0 saturated carbocycles. The minimum absolute atomic E-state index is 0.0823. The zero-order valence-electron chi connectivity index (χ0n) is 22.8. The number of likely N-dealkylation sites (tertiary alicyclic amines) is 1. The molecule has 1 spiro atoms. The van der Waals surface area contributed by atoms with Gasteiger partial charge in [-0.05, 0) is 82.3 Å². The molecule has 10 heteroatoms. The number of fused-ring (bicyclic) bond motifs is 1. The second-order valence-corrected chi connectivity index (χ2v) is 13.3. The number of hydrogen-bond donors (Lipinski definition) is 3. The molecule has 40 heavy (non-hydrogen) atoms. The van der Waals surface area contributed by atoms with Crippen LogP contribution in [-0.4, -0.2) is 63.0 Å². The summed E-state index contributed by atoms with van der Waals surface area (Å²) in [4.78, 5) is 43.7. The van der Waals surface area contributed by atoms with E-state index in [4.69, 9.17) is 16.3 Å². The topological polar surface area (TPSA) is 108 Å². The molecule has 3 aliphatic heterocycles. The molecule has 3 amide bonds. The number of anilines is 2. The largest absolute Gasteiger partial charge is 0.494 e. The van der Waals surface area contributed by atoms with Crippen molar-refractivity contribution in [3.05, 3.63) is 53.6 Å². The number of rotatable bonds is 11. The number of amides is 3. The molecule has 3 fully saturated rings. The van der Waals surface area contributed by atoms with Crippen LogP contribution >= 0.6 is 23.4 Å². The lowest BCUT2D eigenvalue weighted by Gasteiger charge is -2.35. The lowest BCUT2D eigenvalue weighted by atomic mass is 9.66. The fraction of sp³-hybridized carbons (Fsp3) is 0.500. The van der Waals surface area contributed by atoms with E-state index in [2.05, 4.69) is 17.6 Å². The van der Waals surface area contributed by atoms with Gasteiger partial charge in [0, 0.05) is 23.6 Å². The van der Waals surface area contributed by atoms with Gasteiger partial charge in [-0.1, -0.05) is 23.7 Å². The van der Waals surface area contributed by atoms with Gasteiger partial charge < -0.3 is 25.4 Å². The third-order valence-corrected chi connectivity index (χ3v) is 10.7. The molecule has 0 aromatic heterocycles. The average molecular weight is 586 g/mol. The van der Waals surface area contributed by atoms with Crippen LogP contribution in [0, 0.1) is 11.8 Å². The number of halogens is 1. The normalized spacial score (nSPS) is 28.4. The molecule has 3 heterocycles. The fourth-order valence-electron chi connectivity index (χ4n) is 6.72. The molecular formula is C30H36ClN3O5S. The van der Waals surface area contributed by atoms with Crippen molar-refractivity contribution in [3.63, 3.8) is 0 Å². The highest BCUT2D eigenvalue weighted by atomic mass is 35.5. The molecule has 2 unspecified atom stereocenters. The maximum absolute atomic E-state index is 14.2. The highest BCUT2D eigenvalue weighted by molar-refractivity contribution is 8.02. The van der Waals surface area contributed by atoms with Crippen LogP contribution in [0.3, 0.4) is 0 Å². The van der Waals surface area contributed by atoms with Crippen LogP contribution in [0.2, 0.25) is 5.02 Å². The third-order valence-electron chi connectivity index (χ3n) is 8.43. The maximum Gasteiger partial charge on any atom is 0.248 e. The first kappa shape index (κ1) is 28.8. The maximum atomic E-state index is 14.2. The Morgan fingerprint density at radius 3 is 2.52 bits per heavy atom. The van der Waals surface area contributed by atoms with Gasteiger partial charge in [0.25, 0.3) is 0 Å². The molecule has 2 bridgehead atoms. The van der Waals surface area contributed by atoms with E-state index in [1.807, 2.05) is 19.1 Å². The molecule has 0 radical (unpaired) electrons. The molecule has 3 aliphatic rings. The molecule has 5 rings (SSSR count). The summed E-state index contributed by atoms with van der Waals surface area (Å²) < 4.78 is 4.33. The first-order valence-corrected chi connectivity index (χ1v) is 15.1. The summed E-state index contributed by atoms with van der Waals surface area (Å²) in [6, 6.07) is 13.5. The van der Waals surface area contributed by atoms with E-state index in [1.165, 1.54) is 0 Å². The summed E-state index contributed by atoms with van der Waals surface area (Å²) in [6.45, 7) is 4.99. The number of nitrogens with one attached hydrogen (secondary N) is 2. The monoisotopic (exact) mass is 585 g/mol. The molecule has 3 N–H and O–H groups in total. The Bertz CT molecular complexity index is 1280. The quantitative estimate of drug-likeness (QED) is 0.322. The van der Waals surface area contributed by atoms with E-state index in [1.54, 1.807) is 53.1 Å². The van der Waals surface area contributed by atoms with Crippen LogP contribution in [-0.2, 0) is 14.4 Å². The number of ether oxygens (including phenoxy) is 1. The van der Waals surface area contributed by atoms with Crippen LogP contribution in [0.5, 0.6) is 5.75 Å². The molecule has 3 saturated heterocycles. The Labute approximate surface area is 244 Å². The minimum Gasteiger partial charge on any atom is -0.494 e. The lowest BCUT2D eigenvalue weighted by Crippen LogP contribution is -2.51. The summed E-state index contributed by atoms with van der Waals surface area (Å²) in [5.74, 6) is -1.10. The van der Waals surface area contributed by atoms with Gasteiger partial charge in [-0.3, -0.25) is 14.4 Å². The molecule has 0 aliphatic carbocycles. The van der Waals surface area contributed by atoms with E-state index in [9.17, 15) is 19.5 Å². The zero-order chi connectivity index (χ0) is 28.5. The van der Waals surface area contributed by atoms with Gasteiger partial charge in [-0.25, -0.2) is 0 Å². The van der Waals surface area contributed by atoms with Gasteiger partial charge >= 0.3 is 0 Å². The Morgan fingerprint density at radius 1 is 1.07 bits per heavy atom. The molecule has 214 valence electrons. The van der Waals surface area contributed by atoms with E-state index in [0.29, 0.717) is 48.8 Å². The highest BCUT2D eigenvalue weighted by Gasteiger charge is 2.77. The van der Waals surface area contributed by atoms with Gasteiger partial charge in [-0.2, -0.15) is 0 Å². The van der Waals surface area contributed by atoms with Crippen LogP contribution in [0.15, 0.2) is 48.5 Å². The Balaban J connectivity index is 1.44. The van der Waals surface area contributed by atoms with Crippen molar-refractivity contribution in [3.8, 4) is 5.75 Å². The van der Waals surface area contributed by atoms with Crippen LogP contribution in [0.1, 0.15) is 46.0 Å². The van der Waals surface area contributed by atoms with Crippen molar-refractivity contribution in [2.24, 2.45) is 11.8 Å². The van der Waals surface area contributed by atoms with E-state index in [0.717, 1.165) is 18.6 Å². The summed E-state index contributed by atoms with van der Waals surface area (Å²) in [5.41, 5.74) is 1.13. The average Bonchev–Trinajstić information content (AvgIpc) is 3.50. The Morgan fingerprint density at radius 2 is 1.82 bits per heavy atom. The number of aliphatic hydroxyl groups is 1. The summed E-state index contributed by atoms with van der Waals surface area (Å²) in [5, 5.41) is 15.7. The number of nitrogens with zero attached hydrogens (tertiary/aromatic N) is 1. The van der Waals surface area contributed by atoms with Gasteiger partial charge in [0.15, 0.2) is 0 Å². The van der Waals surface area contributed by atoms with E-state index >= 15 is 0 Å². The second-order valence-electron chi connectivity index (χ2n) is 11.0. The van der Waals surface area contributed by atoms with E-state index in [-0.39, 0.29) is 24.3 Å². The first-order chi connectivity index (χ1) is 19.2. The van der Waals surface area contributed by atoms with Crippen LogP contribution < -0.4 is 15.4 Å². The van der Waals surface area contributed by atoms with Crippen molar-refractivity contribution in [1.29, 1.82) is 0 Å². The van der Waals surface area contributed by atoms with Crippen molar-refractivity contribution < 1.29 is 24.2 Å². The van der Waals surface area contributed by atoms with Gasteiger partial charge in [0.05, 0.1) is 33.9 Å². The standard InChI is InChI=1S/C30H36ClN3O5S/c1-3-39-20-13-11-19(12-14-20)32-26(36)23-24-28(38)34(17-7-4-8-18-35)25(30(24)16-15-29(23,2)40-30)27(37)33-22-10-6-5-9-21(22)31/h5-6,9-14,23-25,35H,3-4,7-8,15-18H2,1-2H3,(H,32,36)(H,33,37)/t23-,24+,25?,29+,30?/m1/s1. The third kappa shape index (κ3) is 5.08. The predicted octanol–water partition coefficient (Wildman–Crippen LogP) is 4.96. The minimum atomic E-state index is -0.731. The molecule has 2 aromatic rings. The van der Waals surface area contributed by atoms with Gasteiger partial charge in [0.1, 0.15) is 11.8 Å². The van der Waals surface area contributed by atoms with Crippen molar-refractivity contribution >= 4 is 52.5 Å². The lowest BCUT2D eigenvalue weighted by molar-refractivity contribution is -0.139. The number of hydrogen-bond acceptors (Lipinski definition) is 6. The Kier molecular flexibility index (Phi) is 8.36. The number of carbonyl (C=O) groups excluding carboxylic acids is 3. The number of thioether (sulfide) groups is 1. The zero-order valence-corrected chi connectivity index (χ0v) is 24.4. The highest BCUT2D eigenvalue weighted by Crippen LogP contribution is 2.71. The van der Waals surface area contributed by atoms with Crippen molar-refractivity contribution in [2.45, 2.75) is 61.5 Å². The summed E-state index contributed by atoms with van der Waals surface area (Å²) >= 11 is 7.99. The predicted molar refractivity (Wildman–Crippen MR) is 158 cm³/mol. The SMILES string of the molecule is CCOc1ccc(NC(=O)[C@H]2[C@H]3C(=O)N(CCCCCO)C(C(=O)Nc4ccccc4Cl)C34CC[C@]2(C)S4)cc1. The van der Waals surface area contributed by atoms with Crippen LogP contribution in [0.4, 0.5) is 11.4 Å². The number of para-hydroxylation sites is 1. The van der Waals surface area contributed by atoms with Crippen molar-refractivity contribution in [1.82, 2.24) is 4.90 Å². The summed E-state index contributed by atoms with van der Waals surface area (Å²) in [7, 11) is 0. The van der Waals surface area contributed by atoms with Gasteiger partial charge in [-0.15, -0.1) is 11.8 Å². The summed E-state index contributed by atoms with van der Waals surface area (Å²) in [6.07, 6.45) is 3.44. The number of carbonyl (C=O) groups is 3. The Hall–Kier alpha value is -2.75. The number of aliphatic hydroxyl groups excluding tert-OH is 1. The van der Waals surface area contributed by atoms with Crippen molar-refractivity contribution in [2.75, 3.05) is 30.4 Å². The molecule has 8 nitrogen and oxygen atoms in total. The molecule has 5 atom stereocenters.